The molecule has 16 heavy (non-hydrogen) atoms. The molecule has 0 spiro atoms. The Bertz CT molecular complexity index is 312. The molecule has 4 nitrogen and oxygen atoms in total. The molecule has 90 valence electrons. The first-order valence-electron chi connectivity index (χ1n) is 6.15. The molecule has 0 aromatic carbocycles. The van der Waals surface area contributed by atoms with Crippen LogP contribution < -0.4 is 5.32 Å². The highest BCUT2D eigenvalue weighted by atomic mass is 16.3. The third-order valence-electron chi connectivity index (χ3n) is 3.53. The van der Waals surface area contributed by atoms with Crippen LogP contribution in [0.1, 0.15) is 38.6 Å². The van der Waals surface area contributed by atoms with Gasteiger partial charge >= 0.3 is 0 Å². The quantitative estimate of drug-likeness (QED) is 0.792. The number of nitrogens with zero attached hydrogens (tertiary/aromatic N) is 2. The van der Waals surface area contributed by atoms with Crippen molar-refractivity contribution < 1.29 is 5.11 Å². The molecule has 1 aliphatic carbocycles. The zero-order valence-corrected chi connectivity index (χ0v) is 9.89. The Morgan fingerprint density at radius 2 is 2.50 bits per heavy atom. The van der Waals surface area contributed by atoms with Gasteiger partial charge in [0, 0.05) is 17.9 Å². The van der Waals surface area contributed by atoms with Gasteiger partial charge in [0.25, 0.3) is 0 Å². The summed E-state index contributed by atoms with van der Waals surface area (Å²) in [6, 6.07) is 2.39. The molecule has 1 aliphatic rings. The van der Waals surface area contributed by atoms with E-state index in [4.69, 9.17) is 0 Å². The second-order valence-corrected chi connectivity index (χ2v) is 4.75. The molecular formula is C12H21N3O. The van der Waals surface area contributed by atoms with E-state index in [2.05, 4.69) is 17.3 Å². The second kappa shape index (κ2) is 4.97. The highest BCUT2D eigenvalue weighted by Gasteiger charge is 2.38. The Labute approximate surface area is 96.7 Å². The normalized spacial score (nSPS) is 29.8. The summed E-state index contributed by atoms with van der Waals surface area (Å²) in [4.78, 5) is 0. The Kier molecular flexibility index (Phi) is 3.61. The first-order chi connectivity index (χ1) is 7.79. The third kappa shape index (κ3) is 2.28. The summed E-state index contributed by atoms with van der Waals surface area (Å²) >= 11 is 0. The fourth-order valence-electron chi connectivity index (χ4n) is 2.57. The summed E-state index contributed by atoms with van der Waals surface area (Å²) in [5, 5.41) is 17.3. The molecule has 2 N–H and O–H groups in total. The van der Waals surface area contributed by atoms with Gasteiger partial charge in [-0.2, -0.15) is 5.10 Å². The molecule has 1 aromatic rings. The van der Waals surface area contributed by atoms with E-state index in [1.165, 1.54) is 0 Å². The van der Waals surface area contributed by atoms with Gasteiger partial charge in [-0.3, -0.25) is 4.68 Å². The van der Waals surface area contributed by atoms with Crippen molar-refractivity contribution in [2.24, 2.45) is 0 Å². The largest absolute Gasteiger partial charge is 0.394 e. The van der Waals surface area contributed by atoms with Crippen LogP contribution in [-0.2, 0) is 0 Å². The van der Waals surface area contributed by atoms with E-state index < -0.39 is 0 Å². The van der Waals surface area contributed by atoms with Crippen LogP contribution in [0.2, 0.25) is 0 Å². The van der Waals surface area contributed by atoms with Gasteiger partial charge in [0.1, 0.15) is 0 Å². The van der Waals surface area contributed by atoms with Crippen LogP contribution in [-0.4, -0.2) is 33.6 Å². The maximum atomic E-state index is 9.57. The lowest BCUT2D eigenvalue weighted by Crippen LogP contribution is -2.46. The van der Waals surface area contributed by atoms with Crippen molar-refractivity contribution in [1.82, 2.24) is 15.1 Å². The maximum absolute atomic E-state index is 9.57. The highest BCUT2D eigenvalue weighted by molar-refractivity contribution is 4.98. The Balaban J connectivity index is 1.99. The van der Waals surface area contributed by atoms with Gasteiger partial charge < -0.3 is 10.4 Å². The van der Waals surface area contributed by atoms with Crippen molar-refractivity contribution in [3.63, 3.8) is 0 Å². The van der Waals surface area contributed by atoms with Gasteiger partial charge in [0.15, 0.2) is 0 Å². The Morgan fingerprint density at radius 1 is 1.62 bits per heavy atom. The van der Waals surface area contributed by atoms with E-state index in [-0.39, 0.29) is 12.1 Å². The van der Waals surface area contributed by atoms with Crippen LogP contribution in [0.5, 0.6) is 0 Å². The predicted octanol–water partition coefficient (Wildman–Crippen LogP) is 1.34. The van der Waals surface area contributed by atoms with Crippen LogP contribution in [0.15, 0.2) is 18.5 Å². The number of aliphatic hydroxyl groups is 1. The Morgan fingerprint density at radius 3 is 3.12 bits per heavy atom. The topological polar surface area (TPSA) is 50.1 Å². The van der Waals surface area contributed by atoms with Crippen molar-refractivity contribution in [2.75, 3.05) is 13.2 Å². The summed E-state index contributed by atoms with van der Waals surface area (Å²) in [6.07, 6.45) is 8.04. The van der Waals surface area contributed by atoms with E-state index in [9.17, 15) is 5.11 Å². The van der Waals surface area contributed by atoms with E-state index in [0.29, 0.717) is 6.04 Å². The number of nitrogens with one attached hydrogen (secondary N) is 1. The number of aliphatic hydroxyl groups excluding tert-OH is 1. The lowest BCUT2D eigenvalue weighted by Gasteiger charge is -2.28. The molecule has 0 aliphatic heterocycles. The molecule has 2 unspecified atom stereocenters. The van der Waals surface area contributed by atoms with Gasteiger partial charge in [-0.05, 0) is 38.3 Å². The maximum Gasteiger partial charge on any atom is 0.0614 e. The fourth-order valence-corrected chi connectivity index (χ4v) is 2.57. The molecule has 0 saturated heterocycles. The van der Waals surface area contributed by atoms with E-state index in [0.717, 1.165) is 32.2 Å². The minimum Gasteiger partial charge on any atom is -0.394 e. The van der Waals surface area contributed by atoms with Crippen molar-refractivity contribution >= 4 is 0 Å². The summed E-state index contributed by atoms with van der Waals surface area (Å²) < 4.78 is 2.02. The van der Waals surface area contributed by atoms with Crippen molar-refractivity contribution in [1.29, 1.82) is 0 Å². The van der Waals surface area contributed by atoms with Crippen LogP contribution in [0.3, 0.4) is 0 Å². The minimum absolute atomic E-state index is 0.0768. The first-order valence-corrected chi connectivity index (χ1v) is 6.15. The van der Waals surface area contributed by atoms with Crippen LogP contribution in [0.4, 0.5) is 0 Å². The SMILES string of the molecule is CCCNC1(CO)CCC(n2cccn2)C1. The molecule has 1 saturated carbocycles. The summed E-state index contributed by atoms with van der Waals surface area (Å²) in [7, 11) is 0. The zero-order valence-electron chi connectivity index (χ0n) is 9.89. The van der Waals surface area contributed by atoms with Crippen molar-refractivity contribution in [3.8, 4) is 0 Å². The lowest BCUT2D eigenvalue weighted by molar-refractivity contribution is 0.160. The summed E-state index contributed by atoms with van der Waals surface area (Å²) in [6.45, 7) is 3.36. The predicted molar refractivity (Wildman–Crippen MR) is 63.2 cm³/mol. The summed E-state index contributed by atoms with van der Waals surface area (Å²) in [5.41, 5.74) is -0.0768. The molecular weight excluding hydrogens is 202 g/mol. The van der Waals surface area contributed by atoms with E-state index >= 15 is 0 Å². The highest BCUT2D eigenvalue weighted by Crippen LogP contribution is 2.37. The van der Waals surface area contributed by atoms with E-state index in [1.54, 1.807) is 0 Å². The van der Waals surface area contributed by atoms with Crippen molar-refractivity contribution in [2.45, 2.75) is 44.2 Å². The smallest absolute Gasteiger partial charge is 0.0614 e. The Hall–Kier alpha value is -0.870. The second-order valence-electron chi connectivity index (χ2n) is 4.75. The third-order valence-corrected chi connectivity index (χ3v) is 3.53. The molecule has 0 amide bonds. The average Bonchev–Trinajstić information content (AvgIpc) is 2.96. The number of hydrogen-bond acceptors (Lipinski definition) is 3. The van der Waals surface area contributed by atoms with Crippen LogP contribution >= 0.6 is 0 Å². The molecule has 2 atom stereocenters. The van der Waals surface area contributed by atoms with Gasteiger partial charge in [0.05, 0.1) is 12.6 Å². The molecule has 1 fully saturated rings. The van der Waals surface area contributed by atoms with Gasteiger partial charge in [0.2, 0.25) is 0 Å². The van der Waals surface area contributed by atoms with Gasteiger partial charge in [-0.25, -0.2) is 0 Å². The molecule has 1 aromatic heterocycles. The summed E-state index contributed by atoms with van der Waals surface area (Å²) in [5.74, 6) is 0. The number of hydrogen-bond donors (Lipinski definition) is 2. The first kappa shape index (κ1) is 11.6. The van der Waals surface area contributed by atoms with Gasteiger partial charge in [-0.15, -0.1) is 0 Å². The van der Waals surface area contributed by atoms with Crippen LogP contribution in [0.25, 0.3) is 0 Å². The fraction of sp³-hybridized carbons (Fsp3) is 0.750. The average molecular weight is 223 g/mol. The number of aromatic nitrogens is 2. The standard InChI is InChI=1S/C12H21N3O/c1-2-6-13-12(10-16)5-4-11(9-12)15-8-3-7-14-15/h3,7-8,11,13,16H,2,4-6,9-10H2,1H3. The number of rotatable bonds is 5. The molecule has 0 radical (unpaired) electrons. The lowest BCUT2D eigenvalue weighted by atomic mass is 9.98. The van der Waals surface area contributed by atoms with E-state index in [1.807, 2.05) is 23.1 Å². The molecule has 4 heteroatoms. The minimum atomic E-state index is -0.0768. The molecule has 2 rings (SSSR count). The zero-order chi connectivity index (χ0) is 11.4. The van der Waals surface area contributed by atoms with Gasteiger partial charge in [-0.1, -0.05) is 6.92 Å². The van der Waals surface area contributed by atoms with Crippen LogP contribution in [0, 0.1) is 0 Å². The monoisotopic (exact) mass is 223 g/mol. The molecule has 0 bridgehead atoms. The van der Waals surface area contributed by atoms with Crippen molar-refractivity contribution in [3.05, 3.63) is 18.5 Å². The molecule has 1 heterocycles.